The van der Waals surface area contributed by atoms with Crippen LogP contribution in [0.4, 0.5) is 23.4 Å². The second-order valence-corrected chi connectivity index (χ2v) is 6.65. The van der Waals surface area contributed by atoms with Crippen LogP contribution in [0.1, 0.15) is 5.56 Å². The zero-order valence-electron chi connectivity index (χ0n) is 12.7. The normalized spacial score (nSPS) is 11.9. The van der Waals surface area contributed by atoms with E-state index in [2.05, 4.69) is 9.17 Å². The highest BCUT2D eigenvalue weighted by Gasteiger charge is 2.49. The Kier molecular flexibility index (Phi) is 5.75. The van der Waals surface area contributed by atoms with E-state index in [0.29, 0.717) is 6.07 Å². The second-order valence-electron chi connectivity index (χ2n) is 4.70. The molecule has 0 saturated heterocycles. The molecule has 0 unspecified atom stereocenters. The molecule has 0 aliphatic rings. The third-order valence-corrected chi connectivity index (χ3v) is 4.22. The number of pyridine rings is 1. The van der Waals surface area contributed by atoms with Crippen molar-refractivity contribution in [2.24, 2.45) is 0 Å². The van der Waals surface area contributed by atoms with Crippen molar-refractivity contribution in [2.75, 3.05) is 0 Å². The molecule has 0 amide bonds. The highest BCUT2D eigenvalue weighted by atomic mass is 35.5. The van der Waals surface area contributed by atoms with Gasteiger partial charge in [0.15, 0.2) is 0 Å². The molecule has 0 N–H and O–H groups in total. The highest BCUT2D eigenvalue weighted by Crippen LogP contribution is 2.33. The van der Waals surface area contributed by atoms with E-state index in [1.165, 1.54) is 12.1 Å². The van der Waals surface area contributed by atoms with Gasteiger partial charge in [0.2, 0.25) is 5.75 Å². The smallest absolute Gasteiger partial charge is 0.454 e. The molecule has 0 bridgehead atoms. The molecule has 14 heteroatoms. The van der Waals surface area contributed by atoms with E-state index < -0.39 is 50.4 Å². The number of aromatic nitrogens is 1. The zero-order valence-corrected chi connectivity index (χ0v) is 14.3. The summed E-state index contributed by atoms with van der Waals surface area (Å²) in [6.07, 6.45) is 0. The Hall–Kier alpha value is -2.67. The molecule has 0 aliphatic carbocycles. The van der Waals surface area contributed by atoms with E-state index in [9.17, 15) is 36.1 Å². The number of benzene rings is 1. The summed E-state index contributed by atoms with van der Waals surface area (Å²) < 4.78 is 81.4. The lowest BCUT2D eigenvalue weighted by atomic mass is 10.2. The monoisotopic (exact) mass is 430 g/mol. The van der Waals surface area contributed by atoms with Crippen molar-refractivity contribution in [2.45, 2.75) is 12.1 Å². The minimum absolute atomic E-state index is 0.000670. The zero-order chi connectivity index (χ0) is 20.4. The van der Waals surface area contributed by atoms with E-state index in [4.69, 9.17) is 16.3 Å². The summed E-state index contributed by atoms with van der Waals surface area (Å²) in [6.45, 7) is -0.503. The molecule has 0 atom stereocenters. The Labute approximate surface area is 153 Å². The molecule has 1 aromatic carbocycles. The van der Waals surface area contributed by atoms with E-state index in [1.54, 1.807) is 0 Å². The summed E-state index contributed by atoms with van der Waals surface area (Å²) in [5, 5.41) is 10.9. The number of hydrogen-bond donors (Lipinski definition) is 0. The quantitative estimate of drug-likeness (QED) is 0.226. The van der Waals surface area contributed by atoms with Gasteiger partial charge in [-0.15, -0.1) is 0 Å². The number of nitrogens with zero attached hydrogens (tertiary/aromatic N) is 2. The van der Waals surface area contributed by atoms with Crippen LogP contribution < -0.4 is 8.92 Å². The van der Waals surface area contributed by atoms with Crippen molar-refractivity contribution in [3.63, 3.8) is 0 Å². The van der Waals surface area contributed by atoms with Crippen LogP contribution in [0, 0.1) is 15.9 Å². The van der Waals surface area contributed by atoms with Crippen LogP contribution in [0.3, 0.4) is 0 Å². The molecule has 0 aliphatic heterocycles. The van der Waals surface area contributed by atoms with Crippen LogP contribution in [0.15, 0.2) is 30.3 Å². The van der Waals surface area contributed by atoms with Gasteiger partial charge < -0.3 is 19.0 Å². The number of hydrogen-bond acceptors (Lipinski definition) is 7. The molecular formula is C13H7ClF4N2O6S. The Morgan fingerprint density at radius 2 is 1.89 bits per heavy atom. The number of alkyl halides is 3. The molecule has 8 nitrogen and oxygen atoms in total. The van der Waals surface area contributed by atoms with Gasteiger partial charge in [-0.1, -0.05) is 17.7 Å². The number of ether oxygens (including phenoxy) is 1. The van der Waals surface area contributed by atoms with Crippen molar-refractivity contribution in [1.29, 1.82) is 0 Å². The lowest BCUT2D eigenvalue weighted by molar-refractivity contribution is -0.390. The van der Waals surface area contributed by atoms with Crippen LogP contribution in [0.5, 0.6) is 11.6 Å². The molecule has 27 heavy (non-hydrogen) atoms. The first-order valence-corrected chi connectivity index (χ1v) is 8.43. The highest BCUT2D eigenvalue weighted by molar-refractivity contribution is 7.88. The predicted octanol–water partition coefficient (Wildman–Crippen LogP) is 3.59. The minimum Gasteiger partial charge on any atom is -0.454 e. The third-order valence-electron chi connectivity index (χ3n) is 2.90. The topological polar surface area (TPSA) is 109 Å². The number of rotatable bonds is 6. The Balaban J connectivity index is 2.29. The summed E-state index contributed by atoms with van der Waals surface area (Å²) >= 11 is 5.78. The standard InChI is InChI=1S/C13H7ClF4N2O6S/c14-8-2-1-3-9(15)7(8)6-25-11-5-4-10(12(19-11)20(21)22)26-27(23,24)13(16,17)18/h1-5H,6H2. The summed E-state index contributed by atoms with van der Waals surface area (Å²) in [4.78, 5) is 12.9. The Morgan fingerprint density at radius 3 is 2.44 bits per heavy atom. The SMILES string of the molecule is O=[N+]([O-])c1nc(OCc2c(F)cccc2Cl)ccc1OS(=O)(=O)C(F)(F)F. The first kappa shape index (κ1) is 20.6. The molecule has 2 rings (SSSR count). The maximum absolute atomic E-state index is 13.6. The summed E-state index contributed by atoms with van der Waals surface area (Å²) in [7, 11) is -6.14. The maximum Gasteiger partial charge on any atom is 0.534 e. The fourth-order valence-electron chi connectivity index (χ4n) is 1.68. The van der Waals surface area contributed by atoms with Gasteiger partial charge in [0, 0.05) is 16.6 Å². The van der Waals surface area contributed by atoms with Crippen LogP contribution in [-0.4, -0.2) is 23.8 Å². The van der Waals surface area contributed by atoms with Gasteiger partial charge in [-0.25, -0.2) is 4.39 Å². The minimum atomic E-state index is -6.14. The molecule has 1 aromatic heterocycles. The van der Waals surface area contributed by atoms with E-state index in [-0.39, 0.29) is 10.6 Å². The van der Waals surface area contributed by atoms with Crippen molar-refractivity contribution < 1.29 is 39.8 Å². The summed E-state index contributed by atoms with van der Waals surface area (Å²) in [5.74, 6) is -3.85. The van der Waals surface area contributed by atoms with Crippen molar-refractivity contribution in [3.8, 4) is 11.6 Å². The molecule has 146 valence electrons. The largest absolute Gasteiger partial charge is 0.534 e. The average molecular weight is 431 g/mol. The van der Waals surface area contributed by atoms with Gasteiger partial charge in [0.05, 0.1) is 5.02 Å². The predicted molar refractivity (Wildman–Crippen MR) is 82.2 cm³/mol. The average Bonchev–Trinajstić information content (AvgIpc) is 2.54. The van der Waals surface area contributed by atoms with Gasteiger partial charge in [-0.2, -0.15) is 21.6 Å². The van der Waals surface area contributed by atoms with Crippen LogP contribution >= 0.6 is 11.6 Å². The molecule has 0 radical (unpaired) electrons. The molecule has 0 spiro atoms. The van der Waals surface area contributed by atoms with Gasteiger partial charge in [0.1, 0.15) is 12.4 Å². The summed E-state index contributed by atoms with van der Waals surface area (Å²) in [5.41, 5.74) is -5.89. The van der Waals surface area contributed by atoms with E-state index in [0.717, 1.165) is 12.1 Å². The van der Waals surface area contributed by atoms with Crippen LogP contribution in [0.2, 0.25) is 5.02 Å². The lowest BCUT2D eigenvalue weighted by Gasteiger charge is -2.10. The molecule has 0 saturated carbocycles. The Morgan fingerprint density at radius 1 is 1.22 bits per heavy atom. The van der Waals surface area contributed by atoms with Crippen molar-refractivity contribution in [3.05, 3.63) is 56.8 Å². The molecule has 2 aromatic rings. The third kappa shape index (κ3) is 4.74. The van der Waals surface area contributed by atoms with Crippen LogP contribution in [0.25, 0.3) is 0 Å². The first-order valence-electron chi connectivity index (χ1n) is 6.64. The molecule has 1 heterocycles. The van der Waals surface area contributed by atoms with E-state index in [1.807, 2.05) is 0 Å². The fraction of sp³-hybridized carbons (Fsp3) is 0.154. The van der Waals surface area contributed by atoms with Gasteiger partial charge in [0.25, 0.3) is 0 Å². The molecular weight excluding hydrogens is 424 g/mol. The Bertz CT molecular complexity index is 963. The maximum atomic E-state index is 13.6. The van der Waals surface area contributed by atoms with Gasteiger partial charge >= 0.3 is 27.3 Å². The second kappa shape index (κ2) is 7.52. The lowest BCUT2D eigenvalue weighted by Crippen LogP contribution is -2.28. The first-order chi connectivity index (χ1) is 12.4. The van der Waals surface area contributed by atoms with Crippen molar-refractivity contribution in [1.82, 2.24) is 4.98 Å². The molecule has 0 fully saturated rings. The summed E-state index contributed by atoms with van der Waals surface area (Å²) in [6, 6.07) is 5.13. The van der Waals surface area contributed by atoms with Gasteiger partial charge in [-0.3, -0.25) is 0 Å². The van der Waals surface area contributed by atoms with Crippen molar-refractivity contribution >= 4 is 27.5 Å². The van der Waals surface area contributed by atoms with E-state index >= 15 is 0 Å². The van der Waals surface area contributed by atoms with Crippen LogP contribution in [-0.2, 0) is 16.7 Å². The fourth-order valence-corrected chi connectivity index (χ4v) is 2.35. The number of nitro groups is 1. The van der Waals surface area contributed by atoms with Gasteiger partial charge in [-0.05, 0) is 23.1 Å². The number of halogens is 5.